The topological polar surface area (TPSA) is 18.5 Å². The SMILES string of the molecule is Cc1ccc(CN2CC(N3CCNCC3)C2)c(Cl)c1. The summed E-state index contributed by atoms with van der Waals surface area (Å²) in [6.45, 7) is 10.1. The van der Waals surface area contributed by atoms with E-state index in [1.165, 1.54) is 37.3 Å². The lowest BCUT2D eigenvalue weighted by Crippen LogP contribution is -2.62. The predicted molar refractivity (Wildman–Crippen MR) is 79.7 cm³/mol. The second-order valence-electron chi connectivity index (χ2n) is 5.73. The Labute approximate surface area is 120 Å². The fourth-order valence-electron chi connectivity index (χ4n) is 2.97. The summed E-state index contributed by atoms with van der Waals surface area (Å²) in [4.78, 5) is 5.10. The van der Waals surface area contributed by atoms with E-state index in [0.29, 0.717) is 0 Å². The van der Waals surface area contributed by atoms with Crippen LogP contribution in [0.5, 0.6) is 0 Å². The van der Waals surface area contributed by atoms with E-state index in [4.69, 9.17) is 11.6 Å². The molecule has 0 atom stereocenters. The number of benzene rings is 1. The Kier molecular flexibility index (Phi) is 4.08. The first-order valence-corrected chi connectivity index (χ1v) is 7.52. The van der Waals surface area contributed by atoms with Gasteiger partial charge in [0, 0.05) is 56.9 Å². The maximum absolute atomic E-state index is 6.29. The van der Waals surface area contributed by atoms with E-state index in [9.17, 15) is 0 Å². The lowest BCUT2D eigenvalue weighted by molar-refractivity contribution is 0.0223. The van der Waals surface area contributed by atoms with Crippen LogP contribution in [-0.2, 0) is 6.54 Å². The van der Waals surface area contributed by atoms with Crippen molar-refractivity contribution in [1.29, 1.82) is 0 Å². The third kappa shape index (κ3) is 3.11. The highest BCUT2D eigenvalue weighted by molar-refractivity contribution is 6.31. The minimum atomic E-state index is 0.756. The molecule has 1 aromatic carbocycles. The maximum Gasteiger partial charge on any atom is 0.0453 e. The molecule has 0 saturated carbocycles. The van der Waals surface area contributed by atoms with Crippen molar-refractivity contribution in [3.8, 4) is 0 Å². The minimum absolute atomic E-state index is 0.756. The Bertz CT molecular complexity index is 437. The van der Waals surface area contributed by atoms with E-state index in [1.807, 2.05) is 0 Å². The quantitative estimate of drug-likeness (QED) is 0.909. The summed E-state index contributed by atoms with van der Waals surface area (Å²) in [5.74, 6) is 0. The fraction of sp³-hybridized carbons (Fsp3) is 0.600. The van der Waals surface area contributed by atoms with Gasteiger partial charge < -0.3 is 5.32 Å². The van der Waals surface area contributed by atoms with Crippen LogP contribution in [0.25, 0.3) is 0 Å². The Hall–Kier alpha value is -0.610. The molecule has 2 aliphatic rings. The molecule has 0 aliphatic carbocycles. The number of aryl methyl sites for hydroxylation is 1. The van der Waals surface area contributed by atoms with Crippen LogP contribution < -0.4 is 5.32 Å². The molecule has 0 amide bonds. The lowest BCUT2D eigenvalue weighted by atomic mass is 10.0. The zero-order valence-corrected chi connectivity index (χ0v) is 12.3. The molecule has 0 bridgehead atoms. The lowest BCUT2D eigenvalue weighted by Gasteiger charge is -2.47. The third-order valence-corrected chi connectivity index (χ3v) is 4.56. The first kappa shape index (κ1) is 13.4. The zero-order chi connectivity index (χ0) is 13.2. The average molecular weight is 280 g/mol. The van der Waals surface area contributed by atoms with Crippen LogP contribution in [0.4, 0.5) is 0 Å². The number of piperazine rings is 1. The number of likely N-dealkylation sites (tertiary alicyclic amines) is 1. The number of rotatable bonds is 3. The molecule has 3 rings (SSSR count). The van der Waals surface area contributed by atoms with Crippen LogP contribution in [0.2, 0.25) is 5.02 Å². The summed E-state index contributed by atoms with van der Waals surface area (Å²) in [5.41, 5.74) is 2.49. The molecule has 4 heteroatoms. The first-order valence-electron chi connectivity index (χ1n) is 7.14. The molecule has 2 fully saturated rings. The maximum atomic E-state index is 6.29. The monoisotopic (exact) mass is 279 g/mol. The van der Waals surface area contributed by atoms with Crippen molar-refractivity contribution in [2.24, 2.45) is 0 Å². The van der Waals surface area contributed by atoms with Crippen molar-refractivity contribution in [2.45, 2.75) is 19.5 Å². The highest BCUT2D eigenvalue weighted by atomic mass is 35.5. The van der Waals surface area contributed by atoms with Crippen molar-refractivity contribution >= 4 is 11.6 Å². The van der Waals surface area contributed by atoms with Gasteiger partial charge in [-0.15, -0.1) is 0 Å². The number of hydrogen-bond donors (Lipinski definition) is 1. The zero-order valence-electron chi connectivity index (χ0n) is 11.5. The number of halogens is 1. The number of nitrogens with zero attached hydrogens (tertiary/aromatic N) is 2. The highest BCUT2D eigenvalue weighted by Gasteiger charge is 2.32. The Morgan fingerprint density at radius 3 is 2.68 bits per heavy atom. The van der Waals surface area contributed by atoms with Gasteiger partial charge in [0.2, 0.25) is 0 Å². The second-order valence-corrected chi connectivity index (χ2v) is 6.14. The summed E-state index contributed by atoms with van der Waals surface area (Å²) >= 11 is 6.29. The molecule has 0 unspecified atom stereocenters. The fourth-order valence-corrected chi connectivity index (χ4v) is 3.27. The molecule has 19 heavy (non-hydrogen) atoms. The molecule has 0 spiro atoms. The van der Waals surface area contributed by atoms with Crippen molar-refractivity contribution in [3.63, 3.8) is 0 Å². The highest BCUT2D eigenvalue weighted by Crippen LogP contribution is 2.23. The van der Waals surface area contributed by atoms with Gasteiger partial charge in [0.05, 0.1) is 0 Å². The van der Waals surface area contributed by atoms with E-state index in [0.717, 1.165) is 30.7 Å². The van der Waals surface area contributed by atoms with E-state index in [1.54, 1.807) is 0 Å². The smallest absolute Gasteiger partial charge is 0.0453 e. The van der Waals surface area contributed by atoms with Gasteiger partial charge in [0.25, 0.3) is 0 Å². The van der Waals surface area contributed by atoms with Crippen LogP contribution in [0.15, 0.2) is 18.2 Å². The van der Waals surface area contributed by atoms with E-state index < -0.39 is 0 Å². The van der Waals surface area contributed by atoms with Gasteiger partial charge in [-0.2, -0.15) is 0 Å². The summed E-state index contributed by atoms with van der Waals surface area (Å²) in [6.07, 6.45) is 0. The van der Waals surface area contributed by atoms with Crippen molar-refractivity contribution in [1.82, 2.24) is 15.1 Å². The van der Waals surface area contributed by atoms with Crippen molar-refractivity contribution in [2.75, 3.05) is 39.3 Å². The number of hydrogen-bond acceptors (Lipinski definition) is 3. The van der Waals surface area contributed by atoms with E-state index >= 15 is 0 Å². The second kappa shape index (κ2) is 5.80. The van der Waals surface area contributed by atoms with Crippen LogP contribution in [0.1, 0.15) is 11.1 Å². The molecule has 2 saturated heterocycles. The van der Waals surface area contributed by atoms with Crippen LogP contribution in [0, 0.1) is 6.92 Å². The van der Waals surface area contributed by atoms with E-state index in [-0.39, 0.29) is 0 Å². The molecule has 104 valence electrons. The van der Waals surface area contributed by atoms with Gasteiger partial charge in [0.1, 0.15) is 0 Å². The van der Waals surface area contributed by atoms with Crippen molar-refractivity contribution < 1.29 is 0 Å². The number of nitrogens with one attached hydrogen (secondary N) is 1. The molecular weight excluding hydrogens is 258 g/mol. The molecule has 1 N–H and O–H groups in total. The first-order chi connectivity index (χ1) is 9.22. The van der Waals surface area contributed by atoms with Crippen molar-refractivity contribution in [3.05, 3.63) is 34.3 Å². The molecular formula is C15H22ClN3. The summed E-state index contributed by atoms with van der Waals surface area (Å²) < 4.78 is 0. The third-order valence-electron chi connectivity index (χ3n) is 4.21. The largest absolute Gasteiger partial charge is 0.314 e. The molecule has 2 aliphatic heterocycles. The molecule has 2 heterocycles. The van der Waals surface area contributed by atoms with Crippen LogP contribution in [-0.4, -0.2) is 55.1 Å². The van der Waals surface area contributed by atoms with Gasteiger partial charge in [-0.3, -0.25) is 9.80 Å². The summed E-state index contributed by atoms with van der Waals surface area (Å²) in [6, 6.07) is 7.13. The summed E-state index contributed by atoms with van der Waals surface area (Å²) in [7, 11) is 0. The van der Waals surface area contributed by atoms with Crippen LogP contribution >= 0.6 is 11.6 Å². The predicted octanol–water partition coefficient (Wildman–Crippen LogP) is 1.74. The standard InChI is InChI=1S/C15H22ClN3/c1-12-2-3-13(15(16)8-12)9-18-10-14(11-18)19-6-4-17-5-7-19/h2-3,8,14,17H,4-7,9-11H2,1H3. The minimum Gasteiger partial charge on any atom is -0.314 e. The van der Waals surface area contributed by atoms with Gasteiger partial charge in [-0.05, 0) is 24.1 Å². The average Bonchev–Trinajstić information content (AvgIpc) is 2.36. The van der Waals surface area contributed by atoms with Gasteiger partial charge >= 0.3 is 0 Å². The Morgan fingerprint density at radius 1 is 1.26 bits per heavy atom. The van der Waals surface area contributed by atoms with Crippen LogP contribution in [0.3, 0.4) is 0 Å². The van der Waals surface area contributed by atoms with Gasteiger partial charge in [0.15, 0.2) is 0 Å². The molecule has 0 aromatic heterocycles. The molecule has 0 radical (unpaired) electrons. The normalized spacial score (nSPS) is 22.4. The van der Waals surface area contributed by atoms with Gasteiger partial charge in [-0.25, -0.2) is 0 Å². The van der Waals surface area contributed by atoms with E-state index in [2.05, 4.69) is 40.2 Å². The van der Waals surface area contributed by atoms with Gasteiger partial charge in [-0.1, -0.05) is 23.7 Å². The Morgan fingerprint density at radius 2 is 2.00 bits per heavy atom. The Balaban J connectivity index is 1.50. The summed E-state index contributed by atoms with van der Waals surface area (Å²) in [5, 5.41) is 4.32. The molecule has 1 aromatic rings. The molecule has 3 nitrogen and oxygen atoms in total.